The fourth-order valence-corrected chi connectivity index (χ4v) is 9.26. The van der Waals surface area contributed by atoms with E-state index in [9.17, 15) is 14.4 Å². The molecule has 0 aliphatic heterocycles. The van der Waals surface area contributed by atoms with Gasteiger partial charge in [0.1, 0.15) is 13.2 Å². The summed E-state index contributed by atoms with van der Waals surface area (Å²) in [4.78, 5) is 38.2. The van der Waals surface area contributed by atoms with Crippen LogP contribution in [0.25, 0.3) is 0 Å². The molecule has 0 amide bonds. The SMILES string of the molecule is CC/C=C\C/C=C\C/C=C\C/C=C\C/C=C\C/C=C\C/C=C\CCCCCCCCCCCCCCCC(=O)OCC(COC(=O)CCCCCCCCCCCC)OC(=O)CCCCCCCCC/C=C\C/C=C\C/C=C\CC. The van der Waals surface area contributed by atoms with E-state index in [-0.39, 0.29) is 31.1 Å². The lowest BCUT2D eigenvalue weighted by Gasteiger charge is -2.18. The number of ether oxygens (including phenoxy) is 3. The van der Waals surface area contributed by atoms with Crippen molar-refractivity contribution in [3.05, 3.63) is 122 Å². The molecule has 1 unspecified atom stereocenters. The van der Waals surface area contributed by atoms with Crippen LogP contribution < -0.4 is 0 Å². The summed E-state index contributed by atoms with van der Waals surface area (Å²) in [6.07, 6.45) is 93.7. The fourth-order valence-electron chi connectivity index (χ4n) is 9.26. The second kappa shape index (κ2) is 67.3. The molecule has 0 N–H and O–H groups in total. The van der Waals surface area contributed by atoms with E-state index in [4.69, 9.17) is 14.2 Å². The van der Waals surface area contributed by atoms with Crippen molar-refractivity contribution in [3.8, 4) is 0 Å². The first kappa shape index (κ1) is 75.8. The standard InChI is InChI=1S/C74H124O6/c1-4-7-10-13-16-19-22-24-26-28-29-30-31-32-33-34-35-36-37-38-39-40-41-42-43-44-45-47-48-50-52-55-58-61-64-67-73(76)79-70-71(69-78-72(75)66-63-60-57-54-21-18-15-12-9-6-3)80-74(77)68-65-62-59-56-53-51-49-46-27-25-23-20-17-14-11-8-5-2/h7-8,10-11,16-17,19-20,24-27,29-30,32-33,35-36,38-39,71H,4-6,9,12-15,18,21-23,28,31,34,37,40-70H2,1-3H3/b10-7-,11-8-,19-16-,20-17-,26-24-,27-25-,30-29-,33-32-,36-35-,39-38-. The molecule has 0 aliphatic carbocycles. The van der Waals surface area contributed by atoms with Crippen molar-refractivity contribution in [1.29, 1.82) is 0 Å². The van der Waals surface area contributed by atoms with Crippen molar-refractivity contribution in [1.82, 2.24) is 0 Å². The van der Waals surface area contributed by atoms with E-state index in [1.54, 1.807) is 0 Å². The van der Waals surface area contributed by atoms with Gasteiger partial charge < -0.3 is 14.2 Å². The predicted molar refractivity (Wildman–Crippen MR) is 348 cm³/mol. The Morgan fingerprint density at radius 3 is 0.762 bits per heavy atom. The predicted octanol–water partition coefficient (Wildman–Crippen LogP) is 23.2. The van der Waals surface area contributed by atoms with Crippen molar-refractivity contribution < 1.29 is 28.6 Å². The van der Waals surface area contributed by atoms with Crippen molar-refractivity contribution >= 4 is 17.9 Å². The number of allylic oxidation sites excluding steroid dienone is 20. The molecule has 0 fully saturated rings. The number of hydrogen-bond donors (Lipinski definition) is 0. The molecule has 0 heterocycles. The van der Waals surface area contributed by atoms with E-state index in [1.165, 1.54) is 141 Å². The summed E-state index contributed by atoms with van der Waals surface area (Å²) in [5, 5.41) is 0. The zero-order valence-corrected chi connectivity index (χ0v) is 52.3. The van der Waals surface area contributed by atoms with Crippen molar-refractivity contribution in [2.75, 3.05) is 13.2 Å². The van der Waals surface area contributed by atoms with Gasteiger partial charge in [0.15, 0.2) is 6.10 Å². The third kappa shape index (κ3) is 64.6. The number of carbonyl (C=O) groups is 3. The maximum atomic E-state index is 12.9. The summed E-state index contributed by atoms with van der Waals surface area (Å²) in [7, 11) is 0. The zero-order valence-electron chi connectivity index (χ0n) is 52.3. The highest BCUT2D eigenvalue weighted by Crippen LogP contribution is 2.16. The third-order valence-corrected chi connectivity index (χ3v) is 14.2. The van der Waals surface area contributed by atoms with Gasteiger partial charge in [0.05, 0.1) is 0 Å². The summed E-state index contributed by atoms with van der Waals surface area (Å²) < 4.78 is 16.9. The van der Waals surface area contributed by atoms with Crippen LogP contribution in [0.2, 0.25) is 0 Å². The average Bonchev–Trinajstić information content (AvgIpc) is 3.46. The molecule has 0 aromatic rings. The van der Waals surface area contributed by atoms with Gasteiger partial charge in [-0.25, -0.2) is 0 Å². The maximum absolute atomic E-state index is 12.9. The number of carbonyl (C=O) groups excluding carboxylic acids is 3. The van der Waals surface area contributed by atoms with Crippen molar-refractivity contribution in [2.45, 2.75) is 316 Å². The number of hydrogen-bond acceptors (Lipinski definition) is 6. The van der Waals surface area contributed by atoms with Crippen LogP contribution >= 0.6 is 0 Å². The van der Waals surface area contributed by atoms with Gasteiger partial charge in [-0.2, -0.15) is 0 Å². The Morgan fingerprint density at radius 1 is 0.263 bits per heavy atom. The van der Waals surface area contributed by atoms with E-state index < -0.39 is 6.10 Å². The molecule has 0 radical (unpaired) electrons. The monoisotopic (exact) mass is 1110 g/mol. The molecule has 0 spiro atoms. The van der Waals surface area contributed by atoms with Crippen molar-refractivity contribution in [2.24, 2.45) is 0 Å². The number of unbranched alkanes of at least 4 members (excludes halogenated alkanes) is 29. The number of esters is 3. The lowest BCUT2D eigenvalue weighted by atomic mass is 10.0. The lowest BCUT2D eigenvalue weighted by Crippen LogP contribution is -2.30. The van der Waals surface area contributed by atoms with Crippen LogP contribution in [-0.4, -0.2) is 37.2 Å². The molecule has 0 saturated heterocycles. The molecule has 6 nitrogen and oxygen atoms in total. The Labute approximate surface area is 494 Å². The van der Waals surface area contributed by atoms with Crippen LogP contribution in [0.3, 0.4) is 0 Å². The van der Waals surface area contributed by atoms with Gasteiger partial charge in [0.25, 0.3) is 0 Å². The first-order valence-corrected chi connectivity index (χ1v) is 33.5. The highest BCUT2D eigenvalue weighted by molar-refractivity contribution is 5.71. The smallest absolute Gasteiger partial charge is 0.306 e. The Morgan fingerprint density at radius 2 is 0.487 bits per heavy atom. The van der Waals surface area contributed by atoms with E-state index in [2.05, 4.69) is 142 Å². The summed E-state index contributed by atoms with van der Waals surface area (Å²) in [5.41, 5.74) is 0. The van der Waals surface area contributed by atoms with Crippen molar-refractivity contribution in [3.63, 3.8) is 0 Å². The molecule has 0 saturated carbocycles. The molecule has 0 bridgehead atoms. The maximum Gasteiger partial charge on any atom is 0.306 e. The van der Waals surface area contributed by atoms with Gasteiger partial charge in [0, 0.05) is 19.3 Å². The first-order chi connectivity index (χ1) is 39.5. The van der Waals surface area contributed by atoms with Crippen LogP contribution in [0.1, 0.15) is 310 Å². The largest absolute Gasteiger partial charge is 0.462 e. The minimum absolute atomic E-state index is 0.0801. The summed E-state index contributed by atoms with van der Waals surface area (Å²) in [6, 6.07) is 0. The van der Waals surface area contributed by atoms with Gasteiger partial charge >= 0.3 is 17.9 Å². The van der Waals surface area contributed by atoms with Gasteiger partial charge in [-0.05, 0) is 109 Å². The zero-order chi connectivity index (χ0) is 57.8. The molecule has 0 aromatic carbocycles. The molecular weight excluding hydrogens is 985 g/mol. The average molecular weight is 1110 g/mol. The topological polar surface area (TPSA) is 78.9 Å². The Kier molecular flexibility index (Phi) is 63.8. The minimum Gasteiger partial charge on any atom is -0.462 e. The van der Waals surface area contributed by atoms with Gasteiger partial charge in [-0.1, -0.05) is 303 Å². The highest BCUT2D eigenvalue weighted by Gasteiger charge is 2.19. The molecule has 0 aromatic heterocycles. The fraction of sp³-hybridized carbons (Fsp3) is 0.689. The summed E-state index contributed by atoms with van der Waals surface area (Å²) >= 11 is 0. The van der Waals surface area contributed by atoms with Gasteiger partial charge in [0.2, 0.25) is 0 Å². The second-order valence-electron chi connectivity index (χ2n) is 22.0. The third-order valence-electron chi connectivity index (χ3n) is 14.2. The van der Waals surface area contributed by atoms with Crippen LogP contribution in [0.5, 0.6) is 0 Å². The summed E-state index contributed by atoms with van der Waals surface area (Å²) in [5.74, 6) is -0.885. The van der Waals surface area contributed by atoms with Gasteiger partial charge in [-0.3, -0.25) is 14.4 Å². The molecule has 0 aliphatic rings. The number of rotatable bonds is 60. The van der Waals surface area contributed by atoms with Crippen LogP contribution in [0, 0.1) is 0 Å². The van der Waals surface area contributed by atoms with Gasteiger partial charge in [-0.15, -0.1) is 0 Å². The highest BCUT2D eigenvalue weighted by atomic mass is 16.6. The van der Waals surface area contributed by atoms with E-state index in [1.807, 2.05) is 0 Å². The van der Waals surface area contributed by atoms with E-state index >= 15 is 0 Å². The molecule has 6 heteroatoms. The van der Waals surface area contributed by atoms with Crippen LogP contribution in [0.4, 0.5) is 0 Å². The second-order valence-corrected chi connectivity index (χ2v) is 22.0. The Balaban J connectivity index is 4.14. The molecular formula is C74H124O6. The summed E-state index contributed by atoms with van der Waals surface area (Å²) in [6.45, 7) is 6.41. The Bertz CT molecular complexity index is 1650. The molecule has 1 atom stereocenters. The Hall–Kier alpha value is -4.19. The molecule has 456 valence electrons. The van der Waals surface area contributed by atoms with E-state index in [0.717, 1.165) is 128 Å². The van der Waals surface area contributed by atoms with Crippen LogP contribution in [-0.2, 0) is 28.6 Å². The minimum atomic E-state index is -0.783. The molecule has 80 heavy (non-hydrogen) atoms. The lowest BCUT2D eigenvalue weighted by molar-refractivity contribution is -0.167. The normalized spacial score (nSPS) is 12.9. The van der Waals surface area contributed by atoms with Crippen LogP contribution in [0.15, 0.2) is 122 Å². The van der Waals surface area contributed by atoms with E-state index in [0.29, 0.717) is 19.3 Å². The quantitative estimate of drug-likeness (QED) is 0.0261. The molecule has 0 rings (SSSR count). The first-order valence-electron chi connectivity index (χ1n) is 33.5.